The Morgan fingerprint density at radius 2 is 1.78 bits per heavy atom. The van der Waals surface area contributed by atoms with Gasteiger partial charge in [-0.1, -0.05) is 46.3 Å². The summed E-state index contributed by atoms with van der Waals surface area (Å²) in [5.41, 5.74) is -0.432. The largest absolute Gasteiger partial charge is 0.469 e. The molecule has 8 heteroatoms. The highest BCUT2D eigenvalue weighted by Crippen LogP contribution is 2.77. The summed E-state index contributed by atoms with van der Waals surface area (Å²) >= 11 is 0. The number of hydrogen-bond donors (Lipinski definition) is 1. The molecule has 4 aliphatic carbocycles. The fourth-order valence-electron chi connectivity index (χ4n) is 13.4. The molecule has 4 saturated carbocycles. The molecule has 1 aliphatic heterocycles. The minimum atomic E-state index is -0.558. The van der Waals surface area contributed by atoms with Crippen molar-refractivity contribution in [3.8, 4) is 0 Å². The highest BCUT2D eigenvalue weighted by molar-refractivity contribution is 5.78. The van der Waals surface area contributed by atoms with Gasteiger partial charge in [0.25, 0.3) is 0 Å². The number of nitrogens with zero attached hydrogens (tertiary/aromatic N) is 2. The molecule has 50 heavy (non-hydrogen) atoms. The molecule has 1 N–H and O–H groups in total. The van der Waals surface area contributed by atoms with Crippen molar-refractivity contribution >= 4 is 11.9 Å². The highest BCUT2D eigenvalue weighted by Gasteiger charge is 2.76. The van der Waals surface area contributed by atoms with E-state index in [0.29, 0.717) is 13.0 Å². The van der Waals surface area contributed by atoms with Crippen molar-refractivity contribution in [1.29, 1.82) is 0 Å². The van der Waals surface area contributed by atoms with Gasteiger partial charge in [-0.15, -0.1) is 0 Å². The van der Waals surface area contributed by atoms with Gasteiger partial charge >= 0.3 is 11.9 Å². The SMILES string of the molecule is C=C(C)[C@@H]1CC[C@]2(C(=O)OCCCCCCn3ccnc3CC)CC[C@]3(C)[C@H](C[C@@H](O)[C@@H]4[C@@]5(C)C(CC(=O)OC)OC(C)(C)C5CC[C@]43C)[C@@H]12. The minimum Gasteiger partial charge on any atom is -0.469 e. The lowest BCUT2D eigenvalue weighted by molar-refractivity contribution is -0.255. The summed E-state index contributed by atoms with van der Waals surface area (Å²) in [4.78, 5) is 31.5. The Bertz CT molecular complexity index is 1440. The summed E-state index contributed by atoms with van der Waals surface area (Å²) in [6.45, 7) is 21.7. The van der Waals surface area contributed by atoms with Gasteiger partial charge in [0.15, 0.2) is 0 Å². The topological polar surface area (TPSA) is 99.9 Å². The number of esters is 2. The van der Waals surface area contributed by atoms with Gasteiger partial charge < -0.3 is 23.9 Å². The third-order valence-electron chi connectivity index (χ3n) is 15.8. The molecule has 0 radical (unpaired) electrons. The van der Waals surface area contributed by atoms with Gasteiger partial charge in [0.1, 0.15) is 5.82 Å². The van der Waals surface area contributed by atoms with E-state index in [1.54, 1.807) is 0 Å². The highest BCUT2D eigenvalue weighted by atomic mass is 16.5. The molecule has 0 amide bonds. The van der Waals surface area contributed by atoms with Gasteiger partial charge in [-0.2, -0.15) is 0 Å². The predicted octanol–water partition coefficient (Wildman–Crippen LogP) is 8.10. The summed E-state index contributed by atoms with van der Waals surface area (Å²) in [6, 6.07) is 0. The molecule has 1 aromatic heterocycles. The van der Waals surface area contributed by atoms with E-state index in [1.807, 2.05) is 6.20 Å². The summed E-state index contributed by atoms with van der Waals surface area (Å²) < 4.78 is 20.4. The number of carbonyl (C=O) groups is 2. The number of hydrogen-bond acceptors (Lipinski definition) is 7. The van der Waals surface area contributed by atoms with E-state index in [-0.39, 0.29) is 70.3 Å². The Morgan fingerprint density at radius 1 is 1.04 bits per heavy atom. The van der Waals surface area contributed by atoms with Crippen LogP contribution in [0.4, 0.5) is 0 Å². The molecule has 2 unspecified atom stereocenters. The first-order chi connectivity index (χ1) is 23.6. The molecule has 11 atom stereocenters. The first-order valence-electron chi connectivity index (χ1n) is 19.9. The van der Waals surface area contributed by atoms with Crippen LogP contribution in [0.15, 0.2) is 24.5 Å². The fourth-order valence-corrected chi connectivity index (χ4v) is 13.4. The van der Waals surface area contributed by atoms with Crippen LogP contribution in [0.25, 0.3) is 0 Å². The Labute approximate surface area is 301 Å². The number of carbonyl (C=O) groups excluding carboxylic acids is 2. The van der Waals surface area contributed by atoms with E-state index in [4.69, 9.17) is 14.2 Å². The molecule has 5 aliphatic rings. The molecule has 0 bridgehead atoms. The van der Waals surface area contributed by atoms with Gasteiger partial charge in [-0.05, 0) is 125 Å². The average Bonchev–Trinajstić information content (AvgIpc) is 3.74. The standard InChI is InChI=1S/C42H66N2O6/c1-10-33-43-21-23-44(33)22-13-11-12-14-24-49-37(47)42-18-15-28(27(2)3)35(42)29-25-30(45)36-40(7,39(29,6)19-20-42)17-16-31-38(4,5)50-32(41(31,36)8)26-34(46)48-9/h21,23,28-32,35-36,45H,2,10-20,22,24-26H2,1,3-9H3/t28-,29+,30+,31?,32?,35+,36-,39+,40+,41+,42-/m0/s1. The maximum Gasteiger partial charge on any atom is 0.312 e. The second kappa shape index (κ2) is 13.7. The van der Waals surface area contributed by atoms with E-state index in [1.165, 1.54) is 7.11 Å². The van der Waals surface area contributed by atoms with E-state index < -0.39 is 17.1 Å². The van der Waals surface area contributed by atoms with Crippen molar-refractivity contribution < 1.29 is 28.9 Å². The maximum atomic E-state index is 14.4. The normalized spacial score (nSPS) is 41.4. The lowest BCUT2D eigenvalue weighted by atomic mass is 9.33. The monoisotopic (exact) mass is 694 g/mol. The van der Waals surface area contributed by atoms with Crippen molar-refractivity contribution in [3.05, 3.63) is 30.4 Å². The van der Waals surface area contributed by atoms with Crippen LogP contribution < -0.4 is 0 Å². The molecule has 1 saturated heterocycles. The maximum absolute atomic E-state index is 14.4. The van der Waals surface area contributed by atoms with Crippen molar-refractivity contribution in [1.82, 2.24) is 9.55 Å². The lowest BCUT2D eigenvalue weighted by Gasteiger charge is -2.71. The quantitative estimate of drug-likeness (QED) is 0.134. The van der Waals surface area contributed by atoms with Gasteiger partial charge in [-0.3, -0.25) is 9.59 Å². The van der Waals surface area contributed by atoms with Crippen LogP contribution in [0.5, 0.6) is 0 Å². The molecule has 280 valence electrons. The summed E-state index contributed by atoms with van der Waals surface area (Å²) in [6.07, 6.45) is 14.5. The number of aromatic nitrogens is 2. The number of aliphatic hydroxyl groups excluding tert-OH is 1. The molecule has 5 fully saturated rings. The van der Waals surface area contributed by atoms with E-state index in [0.717, 1.165) is 88.6 Å². The molecular weight excluding hydrogens is 628 g/mol. The zero-order valence-electron chi connectivity index (χ0n) is 32.4. The van der Waals surface area contributed by atoms with Gasteiger partial charge in [-0.25, -0.2) is 4.98 Å². The van der Waals surface area contributed by atoms with Gasteiger partial charge in [0.05, 0.1) is 43.4 Å². The molecular formula is C42H66N2O6. The number of imidazole rings is 1. The third kappa shape index (κ3) is 5.72. The zero-order valence-corrected chi connectivity index (χ0v) is 32.4. The van der Waals surface area contributed by atoms with Crippen LogP contribution in [0.2, 0.25) is 0 Å². The number of allylic oxidation sites excluding steroid dienone is 1. The van der Waals surface area contributed by atoms with Crippen molar-refractivity contribution in [2.75, 3.05) is 13.7 Å². The third-order valence-corrected chi connectivity index (χ3v) is 15.8. The van der Waals surface area contributed by atoms with Gasteiger partial charge in [0, 0.05) is 30.8 Å². The van der Waals surface area contributed by atoms with Crippen molar-refractivity contribution in [2.24, 2.45) is 51.2 Å². The van der Waals surface area contributed by atoms with Crippen molar-refractivity contribution in [2.45, 2.75) is 156 Å². The van der Waals surface area contributed by atoms with Crippen molar-refractivity contribution in [3.63, 3.8) is 0 Å². The lowest BCUT2D eigenvalue weighted by Crippen LogP contribution is -2.69. The average molecular weight is 695 g/mol. The molecule has 0 aromatic carbocycles. The Hall–Kier alpha value is -2.19. The summed E-state index contributed by atoms with van der Waals surface area (Å²) in [7, 11) is 1.44. The second-order valence-corrected chi connectivity index (χ2v) is 18.3. The number of rotatable bonds is 12. The number of unbranched alkanes of at least 4 members (excludes halogenated alkanes) is 3. The molecule has 2 heterocycles. The number of aliphatic hydroxyl groups is 1. The number of fused-ring (bicyclic) bond motifs is 7. The number of methoxy groups -OCH3 is 1. The van der Waals surface area contributed by atoms with E-state index in [9.17, 15) is 14.7 Å². The predicted molar refractivity (Wildman–Crippen MR) is 194 cm³/mol. The number of aryl methyl sites for hydroxylation is 2. The molecule has 0 spiro atoms. The van der Waals surface area contributed by atoms with E-state index in [2.05, 4.69) is 70.8 Å². The van der Waals surface area contributed by atoms with Crippen LogP contribution in [0.1, 0.15) is 131 Å². The van der Waals surface area contributed by atoms with Crippen LogP contribution >= 0.6 is 0 Å². The summed E-state index contributed by atoms with van der Waals surface area (Å²) in [5.74, 6) is 1.58. The Balaban J connectivity index is 1.20. The Kier molecular flexibility index (Phi) is 10.3. The molecule has 8 nitrogen and oxygen atoms in total. The van der Waals surface area contributed by atoms with Gasteiger partial charge in [0.2, 0.25) is 0 Å². The first-order valence-corrected chi connectivity index (χ1v) is 19.9. The fraction of sp³-hybridized carbons (Fsp3) is 0.833. The Morgan fingerprint density at radius 3 is 2.48 bits per heavy atom. The first kappa shape index (κ1) is 37.6. The van der Waals surface area contributed by atoms with Crippen LogP contribution in [-0.4, -0.2) is 58.1 Å². The second-order valence-electron chi connectivity index (χ2n) is 18.3. The number of ether oxygens (including phenoxy) is 3. The van der Waals surface area contributed by atoms with E-state index >= 15 is 0 Å². The summed E-state index contributed by atoms with van der Waals surface area (Å²) in [5, 5.41) is 12.5. The van der Waals surface area contributed by atoms with Crippen LogP contribution in [0, 0.1) is 51.2 Å². The van der Waals surface area contributed by atoms with Crippen LogP contribution in [0.3, 0.4) is 0 Å². The zero-order chi connectivity index (χ0) is 36.3. The smallest absolute Gasteiger partial charge is 0.312 e. The minimum absolute atomic E-state index is 0.0131. The molecule has 6 rings (SSSR count). The van der Waals surface area contributed by atoms with Crippen LogP contribution in [-0.2, 0) is 36.8 Å². The molecule has 1 aromatic rings.